The Balaban J connectivity index is 2.20. The zero-order chi connectivity index (χ0) is 12.5. The molecule has 0 radical (unpaired) electrons. The van der Waals surface area contributed by atoms with Crippen molar-refractivity contribution in [3.05, 3.63) is 48.5 Å². The van der Waals surface area contributed by atoms with Crippen molar-refractivity contribution >= 4 is 16.7 Å². The molecule has 0 unspecified atom stereocenters. The first kappa shape index (κ1) is 10.8. The van der Waals surface area contributed by atoms with Gasteiger partial charge in [0.2, 0.25) is 0 Å². The van der Waals surface area contributed by atoms with E-state index in [0.717, 1.165) is 28.1 Å². The normalized spacial score (nSPS) is 10.8. The molecule has 0 fully saturated rings. The quantitative estimate of drug-likeness (QED) is 0.741. The third-order valence-electron chi connectivity index (χ3n) is 3.03. The van der Waals surface area contributed by atoms with Crippen LogP contribution in [0.4, 0.5) is 5.69 Å². The van der Waals surface area contributed by atoms with E-state index in [2.05, 4.69) is 27.0 Å². The van der Waals surface area contributed by atoms with Crippen LogP contribution in [-0.2, 0) is 0 Å². The molecule has 0 aliphatic carbocycles. The molecule has 1 N–H and O–H groups in total. The lowest BCUT2D eigenvalue weighted by Gasteiger charge is -2.15. The van der Waals surface area contributed by atoms with E-state index in [9.17, 15) is 0 Å². The van der Waals surface area contributed by atoms with Crippen LogP contribution in [0, 0.1) is 0 Å². The van der Waals surface area contributed by atoms with E-state index in [-0.39, 0.29) is 0 Å². The zero-order valence-corrected chi connectivity index (χ0v) is 10.5. The number of nitrogens with zero attached hydrogens (tertiary/aromatic N) is 2. The predicted octanol–water partition coefficient (Wildman–Crippen LogP) is 3.30. The molecule has 90 valence electrons. The average Bonchev–Trinajstić information content (AvgIpc) is 2.82. The zero-order valence-electron chi connectivity index (χ0n) is 10.5. The highest BCUT2D eigenvalue weighted by Gasteiger charge is 2.10. The maximum atomic E-state index is 4.64. The lowest BCUT2D eigenvalue weighted by Crippen LogP contribution is -2.09. The number of rotatable bonds is 2. The summed E-state index contributed by atoms with van der Waals surface area (Å²) >= 11 is 0. The predicted molar refractivity (Wildman–Crippen MR) is 75.9 cm³/mol. The largest absolute Gasteiger partial charge is 0.377 e. The maximum Gasteiger partial charge on any atom is 0.140 e. The van der Waals surface area contributed by atoms with Crippen molar-refractivity contribution in [3.8, 4) is 11.4 Å². The molecule has 0 spiro atoms. The second-order valence-corrected chi connectivity index (χ2v) is 4.51. The molecule has 0 saturated carbocycles. The first-order valence-corrected chi connectivity index (χ1v) is 5.97. The number of para-hydroxylation sites is 3. The molecule has 3 rings (SSSR count). The van der Waals surface area contributed by atoms with Gasteiger partial charge in [0.1, 0.15) is 5.82 Å². The summed E-state index contributed by atoms with van der Waals surface area (Å²) in [6, 6.07) is 16.4. The summed E-state index contributed by atoms with van der Waals surface area (Å²) in [5.41, 5.74) is 4.36. The van der Waals surface area contributed by atoms with E-state index in [1.807, 2.05) is 50.5 Å². The fourth-order valence-electron chi connectivity index (χ4n) is 2.14. The monoisotopic (exact) mass is 237 g/mol. The van der Waals surface area contributed by atoms with Crippen molar-refractivity contribution in [1.29, 1.82) is 0 Å². The fourth-order valence-corrected chi connectivity index (χ4v) is 2.14. The Morgan fingerprint density at radius 2 is 1.67 bits per heavy atom. The van der Waals surface area contributed by atoms with Gasteiger partial charge in [0.05, 0.1) is 11.0 Å². The van der Waals surface area contributed by atoms with E-state index in [0.29, 0.717) is 0 Å². The van der Waals surface area contributed by atoms with Gasteiger partial charge in [0.25, 0.3) is 0 Å². The maximum absolute atomic E-state index is 4.64. The van der Waals surface area contributed by atoms with Gasteiger partial charge >= 0.3 is 0 Å². The number of benzene rings is 2. The number of hydrogen-bond donors (Lipinski definition) is 1. The molecule has 0 aliphatic heterocycles. The van der Waals surface area contributed by atoms with Gasteiger partial charge in [-0.1, -0.05) is 24.3 Å². The van der Waals surface area contributed by atoms with Crippen molar-refractivity contribution in [2.24, 2.45) is 0 Å². The van der Waals surface area contributed by atoms with Gasteiger partial charge < -0.3 is 9.88 Å². The van der Waals surface area contributed by atoms with E-state index in [4.69, 9.17) is 0 Å². The first-order chi connectivity index (χ1) is 8.75. The molecule has 3 aromatic rings. The summed E-state index contributed by atoms with van der Waals surface area (Å²) in [4.78, 5) is 10.1. The number of imidazole rings is 1. The second kappa shape index (κ2) is 4.18. The minimum Gasteiger partial charge on any atom is -0.377 e. The summed E-state index contributed by atoms with van der Waals surface area (Å²) in [7, 11) is 4.09. The number of H-pyrrole nitrogens is 1. The Morgan fingerprint density at radius 3 is 2.44 bits per heavy atom. The number of hydrogen-bond acceptors (Lipinski definition) is 2. The molecule has 1 heterocycles. The third-order valence-corrected chi connectivity index (χ3v) is 3.03. The van der Waals surface area contributed by atoms with Crippen molar-refractivity contribution in [3.63, 3.8) is 0 Å². The van der Waals surface area contributed by atoms with Crippen molar-refractivity contribution < 1.29 is 0 Å². The highest BCUT2D eigenvalue weighted by molar-refractivity contribution is 5.83. The van der Waals surface area contributed by atoms with Gasteiger partial charge in [-0.3, -0.25) is 0 Å². The topological polar surface area (TPSA) is 31.9 Å². The van der Waals surface area contributed by atoms with Crippen LogP contribution >= 0.6 is 0 Å². The number of aromatic amines is 1. The molecule has 0 amide bonds. The first-order valence-electron chi connectivity index (χ1n) is 5.97. The molecule has 0 bridgehead atoms. The van der Waals surface area contributed by atoms with Crippen LogP contribution in [0.5, 0.6) is 0 Å². The van der Waals surface area contributed by atoms with Gasteiger partial charge in [0, 0.05) is 25.3 Å². The smallest absolute Gasteiger partial charge is 0.140 e. The lowest BCUT2D eigenvalue weighted by molar-refractivity contribution is 1.13. The summed E-state index contributed by atoms with van der Waals surface area (Å²) in [6.45, 7) is 0. The summed E-state index contributed by atoms with van der Waals surface area (Å²) < 4.78 is 0. The van der Waals surface area contributed by atoms with Crippen LogP contribution < -0.4 is 4.90 Å². The summed E-state index contributed by atoms with van der Waals surface area (Å²) in [5.74, 6) is 0.917. The van der Waals surface area contributed by atoms with Crippen molar-refractivity contribution in [2.75, 3.05) is 19.0 Å². The Hall–Kier alpha value is -2.29. The minimum atomic E-state index is 0.917. The number of fused-ring (bicyclic) bond motifs is 1. The van der Waals surface area contributed by atoms with Crippen molar-refractivity contribution in [1.82, 2.24) is 9.97 Å². The number of nitrogens with one attached hydrogen (secondary N) is 1. The molecule has 3 nitrogen and oxygen atoms in total. The Labute approximate surface area is 106 Å². The number of anilines is 1. The van der Waals surface area contributed by atoms with E-state index in [1.54, 1.807) is 0 Å². The van der Waals surface area contributed by atoms with E-state index in [1.165, 1.54) is 0 Å². The molecular weight excluding hydrogens is 222 g/mol. The molecule has 1 aromatic heterocycles. The molecular formula is C15H15N3. The van der Waals surface area contributed by atoms with Crippen LogP contribution in [0.15, 0.2) is 48.5 Å². The van der Waals surface area contributed by atoms with Gasteiger partial charge in [-0.05, 0) is 24.3 Å². The van der Waals surface area contributed by atoms with Crippen LogP contribution in [0.2, 0.25) is 0 Å². The molecule has 18 heavy (non-hydrogen) atoms. The molecule has 0 saturated heterocycles. The van der Waals surface area contributed by atoms with Crippen LogP contribution in [-0.4, -0.2) is 24.1 Å². The summed E-state index contributed by atoms with van der Waals surface area (Å²) in [6.07, 6.45) is 0. The Bertz CT molecular complexity index is 650. The van der Waals surface area contributed by atoms with Crippen LogP contribution in [0.25, 0.3) is 22.4 Å². The lowest BCUT2D eigenvalue weighted by atomic mass is 10.1. The van der Waals surface area contributed by atoms with E-state index >= 15 is 0 Å². The average molecular weight is 237 g/mol. The van der Waals surface area contributed by atoms with Crippen molar-refractivity contribution in [2.45, 2.75) is 0 Å². The second-order valence-electron chi connectivity index (χ2n) is 4.51. The Kier molecular flexibility index (Phi) is 2.52. The SMILES string of the molecule is CN(C)c1ccccc1-c1nc2ccccc2[nH]1. The van der Waals surface area contributed by atoms with Gasteiger partial charge in [-0.15, -0.1) is 0 Å². The van der Waals surface area contributed by atoms with Crippen LogP contribution in [0.3, 0.4) is 0 Å². The van der Waals surface area contributed by atoms with Gasteiger partial charge in [0.15, 0.2) is 0 Å². The minimum absolute atomic E-state index is 0.917. The molecule has 3 heteroatoms. The third kappa shape index (κ3) is 1.74. The van der Waals surface area contributed by atoms with Gasteiger partial charge in [-0.25, -0.2) is 4.98 Å². The Morgan fingerprint density at radius 1 is 0.944 bits per heavy atom. The molecule has 2 aromatic carbocycles. The number of aromatic nitrogens is 2. The highest BCUT2D eigenvalue weighted by Crippen LogP contribution is 2.28. The summed E-state index contributed by atoms with van der Waals surface area (Å²) in [5, 5.41) is 0. The van der Waals surface area contributed by atoms with Gasteiger partial charge in [-0.2, -0.15) is 0 Å². The molecule has 0 atom stereocenters. The fraction of sp³-hybridized carbons (Fsp3) is 0.133. The molecule has 0 aliphatic rings. The van der Waals surface area contributed by atoms with Crippen LogP contribution in [0.1, 0.15) is 0 Å². The standard InChI is InChI=1S/C15H15N3/c1-18(2)14-10-6-3-7-11(14)15-16-12-8-4-5-9-13(12)17-15/h3-10H,1-2H3,(H,16,17). The highest BCUT2D eigenvalue weighted by atomic mass is 15.1. The van der Waals surface area contributed by atoms with E-state index < -0.39 is 0 Å².